The number of rotatable bonds is 1. The molecule has 2 nitrogen and oxygen atoms in total. The van der Waals surface area contributed by atoms with Gasteiger partial charge < -0.3 is 5.73 Å². The van der Waals surface area contributed by atoms with Crippen LogP contribution in [0.2, 0.25) is 0 Å². The molecule has 0 aliphatic heterocycles. The summed E-state index contributed by atoms with van der Waals surface area (Å²) in [6.45, 7) is 6.06. The van der Waals surface area contributed by atoms with E-state index in [0.717, 1.165) is 17.7 Å². The summed E-state index contributed by atoms with van der Waals surface area (Å²) < 4.78 is 0. The standard InChI is InChI=1S/C10H15NO/c1-5(12)8-7(11)4-6-9(8)10(6,2)3/h6,9H,4,11H2,1-3H3/t6-,9+/m0/s1. The van der Waals surface area contributed by atoms with Crippen LogP contribution in [0.1, 0.15) is 27.2 Å². The van der Waals surface area contributed by atoms with Gasteiger partial charge in [-0.05, 0) is 30.6 Å². The summed E-state index contributed by atoms with van der Waals surface area (Å²) in [5.74, 6) is 1.29. The largest absolute Gasteiger partial charge is 0.402 e. The Balaban J connectivity index is 2.33. The molecular formula is C10H15NO. The lowest BCUT2D eigenvalue weighted by atomic mass is 9.96. The average molecular weight is 165 g/mol. The van der Waals surface area contributed by atoms with E-state index < -0.39 is 0 Å². The van der Waals surface area contributed by atoms with Crippen LogP contribution in [-0.2, 0) is 4.79 Å². The minimum atomic E-state index is 0.172. The zero-order chi connectivity index (χ0) is 9.09. The molecule has 2 aliphatic carbocycles. The van der Waals surface area contributed by atoms with Crippen LogP contribution in [0.15, 0.2) is 11.3 Å². The summed E-state index contributed by atoms with van der Waals surface area (Å²) in [6.07, 6.45) is 0.937. The summed E-state index contributed by atoms with van der Waals surface area (Å²) in [5.41, 5.74) is 7.88. The van der Waals surface area contributed by atoms with Gasteiger partial charge in [0.05, 0.1) is 0 Å². The number of allylic oxidation sites excluding steroid dienone is 2. The highest BCUT2D eigenvalue weighted by atomic mass is 16.1. The van der Waals surface area contributed by atoms with Crippen LogP contribution in [0.5, 0.6) is 0 Å². The predicted molar refractivity (Wildman–Crippen MR) is 47.3 cm³/mol. The first-order valence-electron chi connectivity index (χ1n) is 4.45. The Morgan fingerprint density at radius 2 is 2.17 bits per heavy atom. The third-order valence-electron chi connectivity index (χ3n) is 3.53. The lowest BCUT2D eigenvalue weighted by Gasteiger charge is -2.10. The fourth-order valence-corrected chi connectivity index (χ4v) is 2.69. The van der Waals surface area contributed by atoms with E-state index in [9.17, 15) is 4.79 Å². The number of hydrogen-bond donors (Lipinski definition) is 1. The van der Waals surface area contributed by atoms with E-state index in [1.165, 1.54) is 0 Å². The first kappa shape index (κ1) is 7.84. The van der Waals surface area contributed by atoms with E-state index in [1.807, 2.05) is 0 Å². The Kier molecular flexibility index (Phi) is 1.26. The van der Waals surface area contributed by atoms with Crippen molar-refractivity contribution in [2.24, 2.45) is 23.0 Å². The SMILES string of the molecule is CC(=O)C1=C(N)C[C@H]2[C@H]1C2(C)C. The average Bonchev–Trinajstić information content (AvgIpc) is 2.40. The van der Waals surface area contributed by atoms with E-state index in [2.05, 4.69) is 13.8 Å². The maximum atomic E-state index is 11.2. The van der Waals surface area contributed by atoms with Crippen LogP contribution in [-0.4, -0.2) is 5.78 Å². The maximum Gasteiger partial charge on any atom is 0.157 e. The molecule has 0 spiro atoms. The molecule has 0 aromatic heterocycles. The van der Waals surface area contributed by atoms with Gasteiger partial charge in [-0.3, -0.25) is 4.79 Å². The van der Waals surface area contributed by atoms with Crippen molar-refractivity contribution in [1.29, 1.82) is 0 Å². The first-order chi connectivity index (χ1) is 5.46. The lowest BCUT2D eigenvalue weighted by Crippen LogP contribution is -2.11. The predicted octanol–water partition coefficient (Wildman–Crippen LogP) is 1.46. The third-order valence-corrected chi connectivity index (χ3v) is 3.53. The van der Waals surface area contributed by atoms with Gasteiger partial charge in [0.1, 0.15) is 0 Å². The van der Waals surface area contributed by atoms with Gasteiger partial charge in [-0.2, -0.15) is 0 Å². The van der Waals surface area contributed by atoms with Crippen molar-refractivity contribution in [2.45, 2.75) is 27.2 Å². The highest BCUT2D eigenvalue weighted by Crippen LogP contribution is 2.67. The van der Waals surface area contributed by atoms with Crippen molar-refractivity contribution < 1.29 is 4.79 Å². The molecule has 2 heteroatoms. The van der Waals surface area contributed by atoms with E-state index in [4.69, 9.17) is 5.73 Å². The summed E-state index contributed by atoms with van der Waals surface area (Å²) in [4.78, 5) is 11.2. The smallest absolute Gasteiger partial charge is 0.157 e. The number of nitrogens with two attached hydrogens (primary N) is 1. The Bertz CT molecular complexity index is 288. The van der Waals surface area contributed by atoms with Crippen molar-refractivity contribution in [1.82, 2.24) is 0 Å². The molecule has 1 fully saturated rings. The molecule has 0 radical (unpaired) electrons. The molecule has 2 rings (SSSR count). The molecule has 66 valence electrons. The van der Waals surface area contributed by atoms with Gasteiger partial charge >= 0.3 is 0 Å². The zero-order valence-electron chi connectivity index (χ0n) is 7.85. The molecule has 12 heavy (non-hydrogen) atoms. The van der Waals surface area contributed by atoms with Crippen LogP contribution in [0, 0.1) is 17.3 Å². The lowest BCUT2D eigenvalue weighted by molar-refractivity contribution is -0.114. The number of Topliss-reactive ketones (excluding diaryl/α,β-unsaturated/α-hetero) is 1. The summed E-state index contributed by atoms with van der Waals surface area (Å²) >= 11 is 0. The Labute approximate surface area is 72.8 Å². The van der Waals surface area contributed by atoms with Crippen LogP contribution in [0.4, 0.5) is 0 Å². The van der Waals surface area contributed by atoms with Crippen molar-refractivity contribution in [3.05, 3.63) is 11.3 Å². The molecule has 2 aliphatic rings. The monoisotopic (exact) mass is 165 g/mol. The highest BCUT2D eigenvalue weighted by Gasteiger charge is 2.63. The van der Waals surface area contributed by atoms with Gasteiger partial charge in [0, 0.05) is 11.3 Å². The second-order valence-electron chi connectivity index (χ2n) is 4.60. The van der Waals surface area contributed by atoms with Gasteiger partial charge in [-0.1, -0.05) is 13.8 Å². The second kappa shape index (κ2) is 1.93. The third kappa shape index (κ3) is 0.728. The van der Waals surface area contributed by atoms with Gasteiger partial charge in [-0.25, -0.2) is 0 Å². The van der Waals surface area contributed by atoms with Crippen molar-refractivity contribution in [3.63, 3.8) is 0 Å². The molecule has 1 saturated carbocycles. The van der Waals surface area contributed by atoms with Crippen LogP contribution < -0.4 is 5.73 Å². The molecule has 0 amide bonds. The van der Waals surface area contributed by atoms with E-state index in [0.29, 0.717) is 17.3 Å². The normalized spacial score (nSPS) is 36.6. The van der Waals surface area contributed by atoms with Crippen LogP contribution in [0.25, 0.3) is 0 Å². The molecule has 0 saturated heterocycles. The fourth-order valence-electron chi connectivity index (χ4n) is 2.69. The van der Waals surface area contributed by atoms with Crippen molar-refractivity contribution >= 4 is 5.78 Å². The molecule has 0 unspecified atom stereocenters. The highest BCUT2D eigenvalue weighted by molar-refractivity contribution is 5.96. The van der Waals surface area contributed by atoms with Gasteiger partial charge in [-0.15, -0.1) is 0 Å². The minimum absolute atomic E-state index is 0.172. The summed E-state index contributed by atoms with van der Waals surface area (Å²) in [6, 6.07) is 0. The van der Waals surface area contributed by atoms with Crippen molar-refractivity contribution in [3.8, 4) is 0 Å². The van der Waals surface area contributed by atoms with E-state index >= 15 is 0 Å². The van der Waals surface area contributed by atoms with Crippen molar-refractivity contribution in [2.75, 3.05) is 0 Å². The van der Waals surface area contributed by atoms with Crippen LogP contribution in [0.3, 0.4) is 0 Å². The molecule has 2 atom stereocenters. The molecule has 0 heterocycles. The van der Waals surface area contributed by atoms with E-state index in [-0.39, 0.29) is 5.78 Å². The number of ketones is 1. The number of hydrogen-bond acceptors (Lipinski definition) is 2. The van der Waals surface area contributed by atoms with E-state index in [1.54, 1.807) is 6.92 Å². The minimum Gasteiger partial charge on any atom is -0.402 e. The zero-order valence-corrected chi connectivity index (χ0v) is 7.85. The number of carbonyl (C=O) groups excluding carboxylic acids is 1. The topological polar surface area (TPSA) is 43.1 Å². The van der Waals surface area contributed by atoms with Gasteiger partial charge in [0.25, 0.3) is 0 Å². The van der Waals surface area contributed by atoms with Crippen LogP contribution >= 0.6 is 0 Å². The van der Waals surface area contributed by atoms with Gasteiger partial charge in [0.15, 0.2) is 5.78 Å². The molecule has 0 aromatic rings. The molecular weight excluding hydrogens is 150 g/mol. The second-order valence-corrected chi connectivity index (χ2v) is 4.60. The van der Waals surface area contributed by atoms with Gasteiger partial charge in [0.2, 0.25) is 0 Å². The number of fused-ring (bicyclic) bond motifs is 1. The molecule has 0 bridgehead atoms. The Morgan fingerprint density at radius 1 is 1.58 bits per heavy atom. The fraction of sp³-hybridized carbons (Fsp3) is 0.700. The summed E-state index contributed by atoms with van der Waals surface area (Å²) in [5, 5.41) is 0. The number of carbonyl (C=O) groups is 1. The first-order valence-corrected chi connectivity index (χ1v) is 4.45. The molecule has 2 N–H and O–H groups in total. The molecule has 0 aromatic carbocycles. The quantitative estimate of drug-likeness (QED) is 0.639. The maximum absolute atomic E-state index is 11.2. The Hall–Kier alpha value is -0.790. The Morgan fingerprint density at radius 3 is 2.50 bits per heavy atom. The summed E-state index contributed by atoms with van der Waals surface area (Å²) in [7, 11) is 0.